The third-order valence-corrected chi connectivity index (χ3v) is 5.09. The van der Waals surface area contributed by atoms with Crippen molar-refractivity contribution in [2.45, 2.75) is 51.6 Å². The average Bonchev–Trinajstić information content (AvgIpc) is 3.35. The molecule has 1 aromatic rings. The number of carbonyl (C=O) groups is 1. The number of aryl methyl sites for hydroxylation is 1. The molecule has 1 saturated heterocycles. The Morgan fingerprint density at radius 3 is 2.43 bits per heavy atom. The molecule has 0 radical (unpaired) electrons. The van der Waals surface area contributed by atoms with E-state index in [0.29, 0.717) is 12.6 Å². The third-order valence-electron chi connectivity index (χ3n) is 5.09. The molecule has 1 aliphatic carbocycles. The van der Waals surface area contributed by atoms with Crippen molar-refractivity contribution in [1.82, 2.24) is 15.5 Å². The van der Waals surface area contributed by atoms with Gasteiger partial charge in [-0.05, 0) is 57.2 Å². The topological polar surface area (TPSA) is 44.4 Å². The maximum atomic E-state index is 12.0. The summed E-state index contributed by atoms with van der Waals surface area (Å²) in [5.74, 6) is 0.816. The predicted octanol–water partition coefficient (Wildman–Crippen LogP) is 3.23. The van der Waals surface area contributed by atoms with Gasteiger partial charge in [0.1, 0.15) is 0 Å². The fourth-order valence-corrected chi connectivity index (χ4v) is 3.24. The molecule has 1 saturated carbocycles. The molecular weight excluding hydrogens is 286 g/mol. The highest BCUT2D eigenvalue weighted by molar-refractivity contribution is 5.74. The van der Waals surface area contributed by atoms with Crippen molar-refractivity contribution >= 4 is 6.03 Å². The van der Waals surface area contributed by atoms with E-state index in [-0.39, 0.29) is 12.1 Å². The Morgan fingerprint density at radius 2 is 1.83 bits per heavy atom. The van der Waals surface area contributed by atoms with Gasteiger partial charge in [-0.3, -0.25) is 4.90 Å². The van der Waals surface area contributed by atoms with Gasteiger partial charge in [0.15, 0.2) is 0 Å². The van der Waals surface area contributed by atoms with E-state index in [1.165, 1.54) is 24.0 Å². The van der Waals surface area contributed by atoms with E-state index in [2.05, 4.69) is 53.6 Å². The number of benzene rings is 1. The van der Waals surface area contributed by atoms with Crippen LogP contribution in [0.5, 0.6) is 0 Å². The molecule has 1 unspecified atom stereocenters. The van der Waals surface area contributed by atoms with Crippen LogP contribution in [-0.2, 0) is 0 Å². The Labute approximate surface area is 139 Å². The first-order valence-corrected chi connectivity index (χ1v) is 8.97. The van der Waals surface area contributed by atoms with E-state index >= 15 is 0 Å². The van der Waals surface area contributed by atoms with Gasteiger partial charge in [-0.15, -0.1) is 0 Å². The lowest BCUT2D eigenvalue weighted by Gasteiger charge is -2.37. The summed E-state index contributed by atoms with van der Waals surface area (Å²) in [6, 6.07) is 9.40. The minimum atomic E-state index is -0.0185. The van der Waals surface area contributed by atoms with Crippen LogP contribution < -0.4 is 10.6 Å². The number of nitrogens with zero attached hydrogens (tertiary/aromatic N) is 1. The molecule has 0 spiro atoms. The summed E-state index contributed by atoms with van der Waals surface area (Å²) in [6.07, 6.45) is 4.74. The highest BCUT2D eigenvalue weighted by atomic mass is 16.2. The van der Waals surface area contributed by atoms with Gasteiger partial charge in [-0.2, -0.15) is 0 Å². The van der Waals surface area contributed by atoms with Crippen LogP contribution in [0.2, 0.25) is 0 Å². The van der Waals surface area contributed by atoms with E-state index in [9.17, 15) is 4.79 Å². The molecule has 4 nitrogen and oxygen atoms in total. The molecule has 126 valence electrons. The van der Waals surface area contributed by atoms with Gasteiger partial charge < -0.3 is 10.6 Å². The zero-order valence-corrected chi connectivity index (χ0v) is 14.3. The Morgan fingerprint density at radius 1 is 1.17 bits per heavy atom. The molecule has 2 aliphatic rings. The molecule has 2 N–H and O–H groups in total. The van der Waals surface area contributed by atoms with Crippen LogP contribution in [-0.4, -0.2) is 36.6 Å². The van der Waals surface area contributed by atoms with Crippen molar-refractivity contribution in [3.63, 3.8) is 0 Å². The molecule has 1 heterocycles. The maximum Gasteiger partial charge on any atom is 0.315 e. The van der Waals surface area contributed by atoms with Crippen molar-refractivity contribution in [3.05, 3.63) is 35.4 Å². The summed E-state index contributed by atoms with van der Waals surface area (Å²) in [6.45, 7) is 7.36. The van der Waals surface area contributed by atoms with Crippen molar-refractivity contribution in [1.29, 1.82) is 0 Å². The summed E-state index contributed by atoms with van der Waals surface area (Å²) in [4.78, 5) is 14.5. The Balaban J connectivity index is 1.64. The Bertz CT molecular complexity index is 516. The fraction of sp³-hybridized carbons (Fsp3) is 0.632. The minimum Gasteiger partial charge on any atom is -0.336 e. The van der Waals surface area contributed by atoms with E-state index in [4.69, 9.17) is 0 Å². The number of rotatable bonds is 5. The van der Waals surface area contributed by atoms with Crippen molar-refractivity contribution < 1.29 is 4.79 Å². The molecular formula is C19H29N3O. The number of hydrogen-bond donors (Lipinski definition) is 2. The van der Waals surface area contributed by atoms with Gasteiger partial charge in [0.2, 0.25) is 0 Å². The summed E-state index contributed by atoms with van der Waals surface area (Å²) < 4.78 is 0. The highest BCUT2D eigenvalue weighted by Crippen LogP contribution is 2.26. The van der Waals surface area contributed by atoms with E-state index < -0.39 is 0 Å². The summed E-state index contributed by atoms with van der Waals surface area (Å²) in [7, 11) is 0. The van der Waals surface area contributed by atoms with E-state index in [1.54, 1.807) is 0 Å². The van der Waals surface area contributed by atoms with Gasteiger partial charge in [0.25, 0.3) is 0 Å². The summed E-state index contributed by atoms with van der Waals surface area (Å²) in [5.41, 5.74) is 2.58. The fourth-order valence-electron chi connectivity index (χ4n) is 3.24. The Kier molecular flexibility index (Phi) is 5.21. The van der Waals surface area contributed by atoms with Crippen LogP contribution in [0.15, 0.2) is 24.3 Å². The zero-order chi connectivity index (χ0) is 16.2. The smallest absolute Gasteiger partial charge is 0.315 e. The van der Waals surface area contributed by atoms with Gasteiger partial charge in [-0.25, -0.2) is 4.79 Å². The number of likely N-dealkylation sites (tertiary alicyclic amines) is 1. The first kappa shape index (κ1) is 16.3. The summed E-state index contributed by atoms with van der Waals surface area (Å²) in [5, 5.41) is 6.10. The second-order valence-electron chi connectivity index (χ2n) is 7.27. The summed E-state index contributed by atoms with van der Waals surface area (Å²) >= 11 is 0. The SMILES string of the molecule is Cc1ccc(C(CNC(=O)NC2CC2)N2CCC(C)CC2)cc1. The molecule has 3 rings (SSSR count). The monoisotopic (exact) mass is 315 g/mol. The molecule has 1 aliphatic heterocycles. The number of nitrogens with one attached hydrogen (secondary N) is 2. The number of piperidine rings is 1. The van der Waals surface area contributed by atoms with Crippen LogP contribution in [0.25, 0.3) is 0 Å². The standard InChI is InChI=1S/C19H29N3O/c1-14-3-5-16(6-4-14)18(22-11-9-15(2)10-12-22)13-20-19(23)21-17-7-8-17/h3-6,15,17-18H,7-13H2,1-2H3,(H2,20,21,23). The molecule has 0 bridgehead atoms. The van der Waals surface area contributed by atoms with Gasteiger partial charge in [-0.1, -0.05) is 36.8 Å². The lowest BCUT2D eigenvalue weighted by molar-refractivity contribution is 0.136. The molecule has 0 aromatic heterocycles. The molecule has 2 amide bonds. The molecule has 23 heavy (non-hydrogen) atoms. The number of carbonyl (C=O) groups excluding carboxylic acids is 1. The second kappa shape index (κ2) is 7.35. The molecule has 2 fully saturated rings. The lowest BCUT2D eigenvalue weighted by Crippen LogP contribution is -2.44. The van der Waals surface area contributed by atoms with Crippen LogP contribution in [0.1, 0.15) is 49.8 Å². The lowest BCUT2D eigenvalue weighted by atomic mass is 9.95. The molecule has 1 aromatic carbocycles. The first-order chi connectivity index (χ1) is 11.1. The van der Waals surface area contributed by atoms with Crippen molar-refractivity contribution in [2.24, 2.45) is 5.92 Å². The first-order valence-electron chi connectivity index (χ1n) is 8.97. The zero-order valence-electron chi connectivity index (χ0n) is 14.3. The van der Waals surface area contributed by atoms with E-state index in [0.717, 1.165) is 31.8 Å². The number of amides is 2. The van der Waals surface area contributed by atoms with Gasteiger partial charge >= 0.3 is 6.03 Å². The molecule has 1 atom stereocenters. The number of urea groups is 1. The highest BCUT2D eigenvalue weighted by Gasteiger charge is 2.26. The maximum absolute atomic E-state index is 12.0. The van der Waals surface area contributed by atoms with Crippen LogP contribution in [0.4, 0.5) is 4.79 Å². The van der Waals surface area contributed by atoms with Gasteiger partial charge in [0.05, 0.1) is 6.04 Å². The quantitative estimate of drug-likeness (QED) is 0.876. The van der Waals surface area contributed by atoms with E-state index in [1.807, 2.05) is 0 Å². The van der Waals surface area contributed by atoms with Crippen molar-refractivity contribution in [3.8, 4) is 0 Å². The van der Waals surface area contributed by atoms with Crippen LogP contribution >= 0.6 is 0 Å². The van der Waals surface area contributed by atoms with Crippen molar-refractivity contribution in [2.75, 3.05) is 19.6 Å². The third kappa shape index (κ3) is 4.71. The van der Waals surface area contributed by atoms with Gasteiger partial charge in [0, 0.05) is 12.6 Å². The normalized spacial score (nSPS) is 21.0. The van der Waals surface area contributed by atoms with Crippen LogP contribution in [0, 0.1) is 12.8 Å². The Hall–Kier alpha value is -1.55. The van der Waals surface area contributed by atoms with Crippen LogP contribution in [0.3, 0.4) is 0 Å². The second-order valence-corrected chi connectivity index (χ2v) is 7.27. The largest absolute Gasteiger partial charge is 0.336 e. The number of hydrogen-bond acceptors (Lipinski definition) is 2. The molecule has 4 heteroatoms. The average molecular weight is 315 g/mol. The minimum absolute atomic E-state index is 0.0185. The predicted molar refractivity (Wildman–Crippen MR) is 93.4 cm³/mol.